The van der Waals surface area contributed by atoms with Gasteiger partial charge in [-0.05, 0) is 59.8 Å². The Balaban J connectivity index is 1.77. The third kappa shape index (κ3) is 10.7. The summed E-state index contributed by atoms with van der Waals surface area (Å²) in [5, 5.41) is 15.7. The Bertz CT molecular complexity index is 1400. The lowest BCUT2D eigenvalue weighted by atomic mass is 10.0. The normalized spacial score (nSPS) is 12.2. The van der Waals surface area contributed by atoms with Crippen molar-refractivity contribution in [2.45, 2.75) is 65.8 Å². The minimum absolute atomic E-state index is 0.0541. The van der Waals surface area contributed by atoms with Crippen molar-refractivity contribution in [3.05, 3.63) is 89.0 Å². The Morgan fingerprint density at radius 2 is 1.79 bits per heavy atom. The summed E-state index contributed by atoms with van der Waals surface area (Å²) in [5.74, 6) is 0.278. The number of carbonyl (C=O) groups is 1. The molecule has 7 nitrogen and oxygen atoms in total. The standard InChI is InChI=1S/C32H39F3N6OS/c1-22(2)13-27(39-30(42)14-28-17-37-21-41(28)18-25-11-9-24(15-36)10-12-25)20-40(31(43)38-16-23(3)4)19-26-7-5-6-8-29(26)32(33,34)35/h5-12,17,21-23,27H,13-14,16,18-20H2,1-4H3,(H,38,43)(H,39,42)/t27-/m0/s1. The number of hydrogen-bond acceptors (Lipinski definition) is 4. The second-order valence-corrected chi connectivity index (χ2v) is 11.9. The number of nitrogens with one attached hydrogen (secondary N) is 2. The maximum atomic E-state index is 13.8. The first-order valence-electron chi connectivity index (χ1n) is 14.3. The first-order valence-corrected chi connectivity index (χ1v) is 14.7. The summed E-state index contributed by atoms with van der Waals surface area (Å²) < 4.78 is 43.3. The fourth-order valence-electron chi connectivity index (χ4n) is 4.74. The van der Waals surface area contributed by atoms with E-state index in [2.05, 4.69) is 21.7 Å². The predicted molar refractivity (Wildman–Crippen MR) is 165 cm³/mol. The van der Waals surface area contributed by atoms with Crippen molar-refractivity contribution in [2.75, 3.05) is 13.1 Å². The van der Waals surface area contributed by atoms with Crippen molar-refractivity contribution in [2.24, 2.45) is 11.8 Å². The van der Waals surface area contributed by atoms with Crippen LogP contribution in [0.3, 0.4) is 0 Å². The topological polar surface area (TPSA) is 86.0 Å². The van der Waals surface area contributed by atoms with Crippen LogP contribution in [0.15, 0.2) is 61.1 Å². The molecule has 2 N–H and O–H groups in total. The number of aromatic nitrogens is 2. The van der Waals surface area contributed by atoms with Gasteiger partial charge in [0.15, 0.2) is 5.11 Å². The van der Waals surface area contributed by atoms with E-state index in [-0.39, 0.29) is 48.9 Å². The zero-order valence-corrected chi connectivity index (χ0v) is 25.8. The van der Waals surface area contributed by atoms with Crippen LogP contribution in [0.1, 0.15) is 62.1 Å². The lowest BCUT2D eigenvalue weighted by molar-refractivity contribution is -0.138. The lowest BCUT2D eigenvalue weighted by Gasteiger charge is -2.32. The van der Waals surface area contributed by atoms with Crippen LogP contribution in [0, 0.1) is 23.2 Å². The van der Waals surface area contributed by atoms with Crippen LogP contribution < -0.4 is 10.6 Å². The Morgan fingerprint density at radius 1 is 1.09 bits per heavy atom. The smallest absolute Gasteiger partial charge is 0.362 e. The lowest BCUT2D eigenvalue weighted by Crippen LogP contribution is -2.49. The van der Waals surface area contributed by atoms with Gasteiger partial charge in [0, 0.05) is 44.1 Å². The molecule has 1 heterocycles. The molecule has 0 aliphatic rings. The monoisotopic (exact) mass is 612 g/mol. The third-order valence-electron chi connectivity index (χ3n) is 6.77. The Kier molecular flexibility index (Phi) is 12.1. The van der Waals surface area contributed by atoms with E-state index in [1.54, 1.807) is 35.6 Å². The highest BCUT2D eigenvalue weighted by molar-refractivity contribution is 7.80. The van der Waals surface area contributed by atoms with E-state index in [4.69, 9.17) is 17.5 Å². The summed E-state index contributed by atoms with van der Waals surface area (Å²) in [6.07, 6.45) is -0.503. The SMILES string of the molecule is CC(C)CNC(=S)N(Cc1ccccc1C(F)(F)F)C[C@H](CC(C)C)NC(=O)Cc1cncn1Cc1ccc(C#N)cc1. The van der Waals surface area contributed by atoms with Crippen LogP contribution in [-0.4, -0.2) is 44.6 Å². The van der Waals surface area contributed by atoms with Crippen LogP contribution in [0.25, 0.3) is 0 Å². The summed E-state index contributed by atoms with van der Waals surface area (Å²) >= 11 is 5.66. The highest BCUT2D eigenvalue weighted by Crippen LogP contribution is 2.32. The van der Waals surface area contributed by atoms with Crippen LogP contribution in [0.5, 0.6) is 0 Å². The second kappa shape index (κ2) is 15.5. The van der Waals surface area contributed by atoms with Gasteiger partial charge in [0.2, 0.25) is 5.91 Å². The molecule has 3 aromatic rings. The first-order chi connectivity index (χ1) is 20.3. The number of imidazole rings is 1. The van der Waals surface area contributed by atoms with E-state index >= 15 is 0 Å². The first kappa shape index (κ1) is 33.6. The van der Waals surface area contributed by atoms with Gasteiger partial charge in [-0.1, -0.05) is 58.0 Å². The Labute approximate surface area is 257 Å². The summed E-state index contributed by atoms with van der Waals surface area (Å²) in [6, 6.07) is 14.5. The van der Waals surface area contributed by atoms with Gasteiger partial charge in [-0.3, -0.25) is 4.79 Å². The number of nitriles is 1. The van der Waals surface area contributed by atoms with Crippen LogP contribution in [0.2, 0.25) is 0 Å². The minimum atomic E-state index is -4.50. The van der Waals surface area contributed by atoms with E-state index < -0.39 is 11.7 Å². The van der Waals surface area contributed by atoms with Crippen molar-refractivity contribution in [3.63, 3.8) is 0 Å². The van der Waals surface area contributed by atoms with Crippen LogP contribution in [-0.2, 0) is 30.5 Å². The zero-order chi connectivity index (χ0) is 31.6. The molecular weight excluding hydrogens is 573 g/mol. The molecule has 230 valence electrons. The molecule has 0 unspecified atom stereocenters. The van der Waals surface area contributed by atoms with Gasteiger partial charge in [0.1, 0.15) is 0 Å². The second-order valence-electron chi connectivity index (χ2n) is 11.5. The largest absolute Gasteiger partial charge is 0.416 e. The maximum absolute atomic E-state index is 13.8. The van der Waals surface area contributed by atoms with Crippen LogP contribution >= 0.6 is 12.2 Å². The van der Waals surface area contributed by atoms with Crippen LogP contribution in [0.4, 0.5) is 13.2 Å². The molecular formula is C32H39F3N6OS. The highest BCUT2D eigenvalue weighted by Gasteiger charge is 2.33. The molecule has 0 bridgehead atoms. The number of rotatable bonds is 13. The van der Waals surface area contributed by atoms with Crippen molar-refractivity contribution >= 4 is 23.2 Å². The van der Waals surface area contributed by atoms with E-state index in [0.29, 0.717) is 30.2 Å². The summed E-state index contributed by atoms with van der Waals surface area (Å²) in [6.45, 7) is 9.35. The van der Waals surface area contributed by atoms with E-state index in [9.17, 15) is 18.0 Å². The molecule has 0 spiro atoms. The molecule has 0 saturated heterocycles. The quantitative estimate of drug-likeness (QED) is 0.233. The van der Waals surface area contributed by atoms with Gasteiger partial charge >= 0.3 is 6.18 Å². The Morgan fingerprint density at radius 3 is 2.42 bits per heavy atom. The molecule has 0 aliphatic carbocycles. The number of halogens is 3. The van der Waals surface area contributed by atoms with Gasteiger partial charge in [-0.15, -0.1) is 0 Å². The average Bonchev–Trinajstić information content (AvgIpc) is 3.36. The van der Waals surface area contributed by atoms with E-state index in [0.717, 1.165) is 17.3 Å². The van der Waals surface area contributed by atoms with E-state index in [1.807, 2.05) is 44.4 Å². The fourth-order valence-corrected chi connectivity index (χ4v) is 4.96. The molecule has 43 heavy (non-hydrogen) atoms. The summed E-state index contributed by atoms with van der Waals surface area (Å²) in [4.78, 5) is 19.2. The average molecular weight is 613 g/mol. The van der Waals surface area contributed by atoms with Gasteiger partial charge in [-0.25, -0.2) is 4.98 Å². The number of amides is 1. The minimum Gasteiger partial charge on any atom is -0.362 e. The number of nitrogens with zero attached hydrogens (tertiary/aromatic N) is 4. The van der Waals surface area contributed by atoms with Gasteiger partial charge in [0.05, 0.1) is 29.9 Å². The molecule has 1 amide bonds. The summed E-state index contributed by atoms with van der Waals surface area (Å²) in [7, 11) is 0. The van der Waals surface area contributed by atoms with Crippen molar-refractivity contribution in [3.8, 4) is 6.07 Å². The molecule has 0 radical (unpaired) electrons. The molecule has 0 aliphatic heterocycles. The maximum Gasteiger partial charge on any atom is 0.416 e. The number of benzene rings is 2. The molecule has 3 rings (SSSR count). The van der Waals surface area contributed by atoms with Gasteiger partial charge in [0.25, 0.3) is 0 Å². The molecule has 1 atom stereocenters. The van der Waals surface area contributed by atoms with E-state index in [1.165, 1.54) is 12.1 Å². The number of carbonyl (C=O) groups excluding carboxylic acids is 1. The molecule has 2 aromatic carbocycles. The number of hydrogen-bond donors (Lipinski definition) is 2. The number of alkyl halides is 3. The predicted octanol–water partition coefficient (Wildman–Crippen LogP) is 5.93. The third-order valence-corrected chi connectivity index (χ3v) is 7.17. The van der Waals surface area contributed by atoms with Crippen molar-refractivity contribution < 1.29 is 18.0 Å². The molecule has 0 fully saturated rings. The van der Waals surface area contributed by atoms with Gasteiger partial charge in [-0.2, -0.15) is 18.4 Å². The fraction of sp³-hybridized carbons (Fsp3) is 0.438. The number of thiocarbonyl (C=S) groups is 1. The zero-order valence-electron chi connectivity index (χ0n) is 25.0. The van der Waals surface area contributed by atoms with Gasteiger partial charge < -0.3 is 20.1 Å². The van der Waals surface area contributed by atoms with Crippen molar-refractivity contribution in [1.29, 1.82) is 5.26 Å². The molecule has 0 saturated carbocycles. The highest BCUT2D eigenvalue weighted by atomic mass is 32.1. The Hall–Kier alpha value is -3.91. The molecule has 11 heteroatoms. The molecule has 1 aromatic heterocycles. The summed E-state index contributed by atoms with van der Waals surface area (Å²) in [5.41, 5.74) is 1.67. The van der Waals surface area contributed by atoms with Crippen molar-refractivity contribution in [1.82, 2.24) is 25.1 Å².